The van der Waals surface area contributed by atoms with Gasteiger partial charge in [-0.05, 0) is 43.5 Å². The van der Waals surface area contributed by atoms with Crippen molar-refractivity contribution in [1.29, 1.82) is 0 Å². The summed E-state index contributed by atoms with van der Waals surface area (Å²) in [5.41, 5.74) is -0.266. The van der Waals surface area contributed by atoms with Crippen LogP contribution in [0, 0.1) is 18.2 Å². The fraction of sp³-hybridized carbons (Fsp3) is 0.429. The van der Waals surface area contributed by atoms with Crippen LogP contribution in [0.1, 0.15) is 35.2 Å². The van der Waals surface area contributed by atoms with Gasteiger partial charge < -0.3 is 4.74 Å². The minimum absolute atomic E-state index is 0.260. The molecule has 18 heavy (non-hydrogen) atoms. The third-order valence-electron chi connectivity index (χ3n) is 3.64. The van der Waals surface area contributed by atoms with Crippen molar-refractivity contribution in [2.75, 3.05) is 7.11 Å². The maximum Gasteiger partial charge on any atom is 0.319 e. The summed E-state index contributed by atoms with van der Waals surface area (Å²) in [6.07, 6.45) is 1.85. The summed E-state index contributed by atoms with van der Waals surface area (Å²) in [7, 11) is 1.28. The molecule has 1 aliphatic rings. The lowest BCUT2D eigenvalue weighted by Crippen LogP contribution is -2.46. The first kappa shape index (κ1) is 12.7. The molecule has 1 aromatic rings. The molecule has 96 valence electrons. The second kappa shape index (κ2) is 4.52. The van der Waals surface area contributed by atoms with Crippen LogP contribution in [-0.2, 0) is 9.53 Å². The van der Waals surface area contributed by atoms with Crippen molar-refractivity contribution in [3.8, 4) is 0 Å². The maximum absolute atomic E-state index is 13.2. The number of hydrogen-bond donors (Lipinski definition) is 0. The van der Waals surface area contributed by atoms with Gasteiger partial charge in [-0.1, -0.05) is 6.42 Å². The van der Waals surface area contributed by atoms with Gasteiger partial charge >= 0.3 is 5.97 Å². The van der Waals surface area contributed by atoms with E-state index < -0.39 is 11.4 Å². The third kappa shape index (κ3) is 1.82. The number of Topliss-reactive ketones (excluding diaryl/α,β-unsaturated/α-hetero) is 1. The largest absolute Gasteiger partial charge is 0.468 e. The average molecular weight is 250 g/mol. The molecule has 0 amide bonds. The summed E-state index contributed by atoms with van der Waals surface area (Å²) >= 11 is 0. The molecule has 0 heterocycles. The predicted molar refractivity (Wildman–Crippen MR) is 63.8 cm³/mol. The summed E-state index contributed by atoms with van der Waals surface area (Å²) in [5.74, 6) is -1.10. The Labute approximate surface area is 105 Å². The van der Waals surface area contributed by atoms with E-state index in [4.69, 9.17) is 4.74 Å². The van der Waals surface area contributed by atoms with E-state index in [-0.39, 0.29) is 11.6 Å². The molecule has 0 bridgehead atoms. The van der Waals surface area contributed by atoms with Crippen LogP contribution in [0.15, 0.2) is 18.2 Å². The standard InChI is InChI=1S/C14H15FO3/c1-9-8-10(4-5-11(9)15)12(16)14(6-3-7-14)13(17)18-2/h4-5,8H,3,6-7H2,1-2H3. The van der Waals surface area contributed by atoms with E-state index in [1.165, 1.54) is 25.3 Å². The molecule has 0 aromatic heterocycles. The second-order valence-electron chi connectivity index (χ2n) is 4.72. The van der Waals surface area contributed by atoms with Crippen molar-refractivity contribution in [3.05, 3.63) is 35.1 Å². The van der Waals surface area contributed by atoms with Crippen molar-refractivity contribution in [1.82, 2.24) is 0 Å². The monoisotopic (exact) mass is 250 g/mol. The van der Waals surface area contributed by atoms with Gasteiger partial charge in [0.1, 0.15) is 11.2 Å². The molecule has 1 saturated carbocycles. The normalized spacial score (nSPS) is 16.8. The predicted octanol–water partition coefficient (Wildman–Crippen LogP) is 2.66. The molecule has 1 fully saturated rings. The van der Waals surface area contributed by atoms with Crippen LogP contribution in [0.2, 0.25) is 0 Å². The summed E-state index contributed by atoms with van der Waals surface area (Å²) < 4.78 is 17.9. The van der Waals surface area contributed by atoms with Gasteiger partial charge in [-0.2, -0.15) is 0 Å². The summed E-state index contributed by atoms with van der Waals surface area (Å²) in [6.45, 7) is 1.59. The van der Waals surface area contributed by atoms with Crippen LogP contribution in [0.25, 0.3) is 0 Å². The van der Waals surface area contributed by atoms with Crippen molar-refractivity contribution in [3.63, 3.8) is 0 Å². The third-order valence-corrected chi connectivity index (χ3v) is 3.64. The number of ketones is 1. The maximum atomic E-state index is 13.2. The molecule has 3 nitrogen and oxygen atoms in total. The Bertz CT molecular complexity index is 504. The number of benzene rings is 1. The summed E-state index contributed by atoms with van der Waals surface area (Å²) in [4.78, 5) is 24.2. The summed E-state index contributed by atoms with van der Waals surface area (Å²) in [5, 5.41) is 0. The molecule has 4 heteroatoms. The molecular weight excluding hydrogens is 235 g/mol. The molecule has 0 N–H and O–H groups in total. The number of hydrogen-bond acceptors (Lipinski definition) is 3. The number of ether oxygens (including phenoxy) is 1. The van der Waals surface area contributed by atoms with Crippen molar-refractivity contribution in [2.45, 2.75) is 26.2 Å². The number of methoxy groups -OCH3 is 1. The van der Waals surface area contributed by atoms with E-state index in [9.17, 15) is 14.0 Å². The van der Waals surface area contributed by atoms with Crippen molar-refractivity contribution in [2.24, 2.45) is 5.41 Å². The quantitative estimate of drug-likeness (QED) is 0.470. The van der Waals surface area contributed by atoms with Crippen LogP contribution >= 0.6 is 0 Å². The zero-order valence-electron chi connectivity index (χ0n) is 10.5. The first-order valence-electron chi connectivity index (χ1n) is 5.90. The van der Waals surface area contributed by atoms with Gasteiger partial charge in [-0.3, -0.25) is 9.59 Å². The van der Waals surface area contributed by atoms with Gasteiger partial charge in [0.05, 0.1) is 7.11 Å². The lowest BCUT2D eigenvalue weighted by molar-refractivity contribution is -0.153. The highest BCUT2D eigenvalue weighted by atomic mass is 19.1. The number of carbonyl (C=O) groups is 2. The molecule has 1 aromatic carbocycles. The van der Waals surface area contributed by atoms with Gasteiger partial charge in [0, 0.05) is 5.56 Å². The minimum atomic E-state index is -1.04. The van der Waals surface area contributed by atoms with Crippen LogP contribution < -0.4 is 0 Å². The highest BCUT2D eigenvalue weighted by Gasteiger charge is 2.51. The Hall–Kier alpha value is -1.71. The van der Waals surface area contributed by atoms with Crippen LogP contribution in [0.5, 0.6) is 0 Å². The number of halogens is 1. The number of rotatable bonds is 3. The molecule has 0 unspecified atom stereocenters. The first-order valence-corrected chi connectivity index (χ1v) is 5.90. The SMILES string of the molecule is COC(=O)C1(C(=O)c2ccc(F)c(C)c2)CCC1. The van der Waals surface area contributed by atoms with Crippen LogP contribution in [-0.4, -0.2) is 18.9 Å². The average Bonchev–Trinajstić information content (AvgIpc) is 2.30. The van der Waals surface area contributed by atoms with Gasteiger partial charge in [0.25, 0.3) is 0 Å². The zero-order chi connectivity index (χ0) is 13.3. The highest BCUT2D eigenvalue weighted by molar-refractivity contribution is 6.13. The lowest BCUT2D eigenvalue weighted by atomic mass is 9.64. The number of aryl methyl sites for hydroxylation is 1. The van der Waals surface area contributed by atoms with Gasteiger partial charge in [0.2, 0.25) is 0 Å². The Morgan fingerprint density at radius 1 is 1.33 bits per heavy atom. The molecule has 1 aliphatic carbocycles. The van der Waals surface area contributed by atoms with E-state index in [1.807, 2.05) is 0 Å². The second-order valence-corrected chi connectivity index (χ2v) is 4.72. The zero-order valence-corrected chi connectivity index (χ0v) is 10.5. The van der Waals surface area contributed by atoms with Crippen molar-refractivity contribution < 1.29 is 18.7 Å². The Morgan fingerprint density at radius 3 is 2.44 bits per heavy atom. The molecular formula is C14H15FO3. The van der Waals surface area contributed by atoms with E-state index in [0.29, 0.717) is 24.0 Å². The van der Waals surface area contributed by atoms with E-state index >= 15 is 0 Å². The smallest absolute Gasteiger partial charge is 0.319 e. The van der Waals surface area contributed by atoms with Gasteiger partial charge in [-0.25, -0.2) is 4.39 Å². The molecule has 0 radical (unpaired) electrons. The summed E-state index contributed by atoms with van der Waals surface area (Å²) in [6, 6.07) is 4.17. The van der Waals surface area contributed by atoms with E-state index in [2.05, 4.69) is 0 Å². The molecule has 0 aliphatic heterocycles. The minimum Gasteiger partial charge on any atom is -0.468 e. The van der Waals surface area contributed by atoms with E-state index in [0.717, 1.165) is 6.42 Å². The van der Waals surface area contributed by atoms with E-state index in [1.54, 1.807) is 6.92 Å². The Morgan fingerprint density at radius 2 is 2.00 bits per heavy atom. The number of carbonyl (C=O) groups excluding carboxylic acids is 2. The van der Waals surface area contributed by atoms with Crippen LogP contribution in [0.4, 0.5) is 4.39 Å². The molecule has 2 rings (SSSR count). The number of esters is 1. The molecule has 0 spiro atoms. The first-order chi connectivity index (χ1) is 8.51. The fourth-order valence-corrected chi connectivity index (χ4v) is 2.31. The molecule has 0 saturated heterocycles. The lowest BCUT2D eigenvalue weighted by Gasteiger charge is -2.37. The topological polar surface area (TPSA) is 43.4 Å². The molecule has 0 atom stereocenters. The fourth-order valence-electron chi connectivity index (χ4n) is 2.31. The van der Waals surface area contributed by atoms with Gasteiger partial charge in [0.15, 0.2) is 5.78 Å². The highest BCUT2D eigenvalue weighted by Crippen LogP contribution is 2.44. The van der Waals surface area contributed by atoms with Crippen molar-refractivity contribution >= 4 is 11.8 Å². The van der Waals surface area contributed by atoms with Gasteiger partial charge in [-0.15, -0.1) is 0 Å². The Balaban J connectivity index is 2.35. The van der Waals surface area contributed by atoms with Crippen LogP contribution in [0.3, 0.4) is 0 Å². The Kier molecular flexibility index (Phi) is 3.20.